The van der Waals surface area contributed by atoms with Crippen molar-refractivity contribution >= 4 is 11.6 Å². The second kappa shape index (κ2) is 7.16. The van der Waals surface area contributed by atoms with Crippen LogP contribution in [0.1, 0.15) is 93.9 Å². The smallest absolute Gasteiger partial charge is 0.165 e. The normalized spacial score (nSPS) is 48.1. The molecule has 0 aromatic heterocycles. The highest BCUT2D eigenvalue weighted by atomic mass is 16.5. The summed E-state index contributed by atoms with van der Waals surface area (Å²) in [5, 5.41) is 10.7. The minimum Gasteiger partial charge on any atom is -0.387 e. The Labute approximate surface area is 205 Å². The van der Waals surface area contributed by atoms with Crippen LogP contribution in [0.2, 0.25) is 0 Å². The molecule has 0 spiro atoms. The zero-order valence-corrected chi connectivity index (χ0v) is 22.5. The summed E-state index contributed by atoms with van der Waals surface area (Å²) >= 11 is 0. The zero-order valence-electron chi connectivity index (χ0n) is 22.5. The predicted octanol–water partition coefficient (Wildman–Crippen LogP) is 5.82. The van der Waals surface area contributed by atoms with E-state index in [2.05, 4.69) is 53.7 Å². The number of rotatable bonds is 1. The van der Waals surface area contributed by atoms with Crippen LogP contribution >= 0.6 is 0 Å². The van der Waals surface area contributed by atoms with Crippen molar-refractivity contribution in [2.45, 2.75) is 112 Å². The number of carbonyl (C=O) groups is 2. The summed E-state index contributed by atoms with van der Waals surface area (Å²) in [6.45, 7) is 17.3. The Hall–Kier alpha value is -1.26. The van der Waals surface area contributed by atoms with E-state index in [0.717, 1.165) is 25.7 Å². The quantitative estimate of drug-likeness (QED) is 0.526. The Kier molecular flexibility index (Phi) is 5.14. The highest BCUT2D eigenvalue weighted by Crippen LogP contribution is 2.73. The highest BCUT2D eigenvalue weighted by molar-refractivity contribution is 5.86. The van der Waals surface area contributed by atoms with E-state index in [0.29, 0.717) is 30.5 Å². The predicted molar refractivity (Wildman–Crippen MR) is 133 cm³/mol. The molecule has 5 rings (SSSR count). The number of allylic oxidation sites excluding steroid dienone is 3. The van der Waals surface area contributed by atoms with Crippen molar-refractivity contribution in [3.8, 4) is 0 Å². The summed E-state index contributed by atoms with van der Waals surface area (Å²) < 4.78 is 6.51. The summed E-state index contributed by atoms with van der Waals surface area (Å²) in [6.07, 6.45) is 9.04. The number of aliphatic hydroxyl groups is 1. The molecule has 0 radical (unpaired) electrons. The first kappa shape index (κ1) is 24.4. The molecule has 1 saturated heterocycles. The van der Waals surface area contributed by atoms with Gasteiger partial charge >= 0.3 is 0 Å². The first-order chi connectivity index (χ1) is 15.6. The average Bonchev–Trinajstić information content (AvgIpc) is 2.94. The van der Waals surface area contributed by atoms with E-state index in [9.17, 15) is 14.7 Å². The Morgan fingerprint density at radius 3 is 2.41 bits per heavy atom. The molecular weight excluding hydrogens is 424 g/mol. The maximum atomic E-state index is 13.0. The van der Waals surface area contributed by atoms with Crippen molar-refractivity contribution in [1.29, 1.82) is 0 Å². The molecule has 0 amide bonds. The van der Waals surface area contributed by atoms with Crippen molar-refractivity contribution < 1.29 is 19.4 Å². The van der Waals surface area contributed by atoms with Gasteiger partial charge in [0.15, 0.2) is 5.78 Å². The van der Waals surface area contributed by atoms with Gasteiger partial charge in [-0.15, -0.1) is 0 Å². The molecule has 8 unspecified atom stereocenters. The molecule has 1 N–H and O–H groups in total. The second-order valence-corrected chi connectivity index (χ2v) is 14.1. The topological polar surface area (TPSA) is 63.6 Å². The van der Waals surface area contributed by atoms with Gasteiger partial charge in [-0.1, -0.05) is 53.7 Å². The standard InChI is InChI=1S/C30H44O4/c1-17-15-19(31)25(27(4,5)33)34-20-16-30(8)18(24(17)20)9-10-22-28(6)13-12-23(32)26(2,3)21(28)11-14-29(22,30)7/h9-10,17,20-22,25,33H,11-16H2,1-8H3. The molecule has 0 aromatic rings. The molecule has 0 bridgehead atoms. The number of ketones is 2. The van der Waals surface area contributed by atoms with Gasteiger partial charge in [0.25, 0.3) is 0 Å². The molecule has 1 aliphatic heterocycles. The van der Waals surface area contributed by atoms with Crippen LogP contribution in [0.4, 0.5) is 0 Å². The molecule has 0 aromatic carbocycles. The van der Waals surface area contributed by atoms with Crippen molar-refractivity contribution in [3.05, 3.63) is 23.3 Å². The third kappa shape index (κ3) is 2.97. The monoisotopic (exact) mass is 468 g/mol. The van der Waals surface area contributed by atoms with Crippen molar-refractivity contribution in [2.75, 3.05) is 0 Å². The van der Waals surface area contributed by atoms with E-state index in [4.69, 9.17) is 4.74 Å². The number of Topliss-reactive ketones (excluding diaryl/α,β-unsaturated/α-hetero) is 2. The molecule has 8 atom stereocenters. The van der Waals surface area contributed by atoms with E-state index < -0.39 is 11.7 Å². The number of ether oxygens (including phenoxy) is 1. The average molecular weight is 469 g/mol. The molecule has 1 heterocycles. The fourth-order valence-corrected chi connectivity index (χ4v) is 9.46. The molecule has 4 aliphatic carbocycles. The minimum absolute atomic E-state index is 0.00945. The van der Waals surface area contributed by atoms with Crippen LogP contribution < -0.4 is 0 Å². The summed E-state index contributed by atoms with van der Waals surface area (Å²) in [4.78, 5) is 25.9. The Morgan fingerprint density at radius 1 is 1.09 bits per heavy atom. The molecule has 34 heavy (non-hydrogen) atoms. The van der Waals surface area contributed by atoms with Crippen LogP contribution in [-0.2, 0) is 14.3 Å². The van der Waals surface area contributed by atoms with E-state index in [1.165, 1.54) is 11.1 Å². The van der Waals surface area contributed by atoms with Crippen molar-refractivity contribution in [2.24, 2.45) is 39.4 Å². The number of fused-ring (bicyclic) bond motifs is 6. The fraction of sp³-hybridized carbons (Fsp3) is 0.800. The number of carbonyl (C=O) groups excluding carboxylic acids is 2. The summed E-state index contributed by atoms with van der Waals surface area (Å²) in [5.74, 6) is 1.37. The van der Waals surface area contributed by atoms with Crippen molar-refractivity contribution in [1.82, 2.24) is 0 Å². The largest absolute Gasteiger partial charge is 0.387 e. The lowest BCUT2D eigenvalue weighted by molar-refractivity contribution is -0.169. The molecule has 5 aliphatic rings. The molecule has 2 saturated carbocycles. The summed E-state index contributed by atoms with van der Waals surface area (Å²) in [5.41, 5.74) is 1.32. The lowest BCUT2D eigenvalue weighted by Gasteiger charge is -2.66. The van der Waals surface area contributed by atoms with E-state index in [1.807, 2.05) is 0 Å². The fourth-order valence-electron chi connectivity index (χ4n) is 9.46. The van der Waals surface area contributed by atoms with Gasteiger partial charge in [-0.3, -0.25) is 9.59 Å². The number of hydrogen-bond acceptors (Lipinski definition) is 4. The molecular formula is C30H44O4. The number of hydrogen-bond donors (Lipinski definition) is 1. The first-order valence-electron chi connectivity index (χ1n) is 13.4. The lowest BCUT2D eigenvalue weighted by atomic mass is 9.37. The molecule has 3 fully saturated rings. The summed E-state index contributed by atoms with van der Waals surface area (Å²) in [6, 6.07) is 0. The van der Waals surface area contributed by atoms with Gasteiger partial charge < -0.3 is 9.84 Å². The van der Waals surface area contributed by atoms with Gasteiger partial charge in [0.2, 0.25) is 0 Å². The van der Waals surface area contributed by atoms with Crippen LogP contribution in [0.5, 0.6) is 0 Å². The van der Waals surface area contributed by atoms with Gasteiger partial charge in [-0.2, -0.15) is 0 Å². The van der Waals surface area contributed by atoms with E-state index in [1.54, 1.807) is 13.8 Å². The highest BCUT2D eigenvalue weighted by Gasteiger charge is 2.67. The Balaban J connectivity index is 1.59. The van der Waals surface area contributed by atoms with Gasteiger partial charge in [0.1, 0.15) is 11.9 Å². The third-order valence-electron chi connectivity index (χ3n) is 11.5. The zero-order chi connectivity index (χ0) is 25.1. The van der Waals surface area contributed by atoms with E-state index >= 15 is 0 Å². The lowest BCUT2D eigenvalue weighted by Crippen LogP contribution is -2.61. The molecule has 4 heteroatoms. The Bertz CT molecular complexity index is 996. The van der Waals surface area contributed by atoms with Gasteiger partial charge in [0.05, 0.1) is 11.7 Å². The minimum atomic E-state index is -1.19. The molecule has 188 valence electrons. The van der Waals surface area contributed by atoms with E-state index in [-0.39, 0.29) is 39.5 Å². The molecule has 4 nitrogen and oxygen atoms in total. The van der Waals surface area contributed by atoms with Crippen LogP contribution in [-0.4, -0.2) is 34.5 Å². The first-order valence-corrected chi connectivity index (χ1v) is 13.4. The van der Waals surface area contributed by atoms with Crippen LogP contribution in [0, 0.1) is 39.4 Å². The maximum absolute atomic E-state index is 13.0. The van der Waals surface area contributed by atoms with Gasteiger partial charge in [-0.05, 0) is 79.3 Å². The van der Waals surface area contributed by atoms with Crippen LogP contribution in [0.25, 0.3) is 0 Å². The third-order valence-corrected chi connectivity index (χ3v) is 11.5. The second-order valence-electron chi connectivity index (χ2n) is 14.1. The van der Waals surface area contributed by atoms with Gasteiger partial charge in [-0.25, -0.2) is 0 Å². The van der Waals surface area contributed by atoms with Crippen LogP contribution in [0.15, 0.2) is 23.3 Å². The SMILES string of the molecule is CC1CC(=O)C(C(C)(C)O)OC2CC3(C)C(=C12)C=CC1C2(C)CCC(=O)C(C)(C)C2CCC13C. The Morgan fingerprint density at radius 2 is 1.76 bits per heavy atom. The van der Waals surface area contributed by atoms with Crippen molar-refractivity contribution in [3.63, 3.8) is 0 Å². The van der Waals surface area contributed by atoms with Gasteiger partial charge in [0, 0.05) is 23.7 Å². The van der Waals surface area contributed by atoms with Crippen LogP contribution in [0.3, 0.4) is 0 Å². The summed E-state index contributed by atoms with van der Waals surface area (Å²) in [7, 11) is 0. The maximum Gasteiger partial charge on any atom is 0.165 e.